The van der Waals surface area contributed by atoms with Gasteiger partial charge in [-0.3, -0.25) is 4.79 Å². The molecule has 1 heterocycles. The van der Waals surface area contributed by atoms with Crippen LogP contribution in [-0.2, 0) is 0 Å². The number of ether oxygens (including phenoxy) is 1. The van der Waals surface area contributed by atoms with Gasteiger partial charge in [0.05, 0.1) is 22.7 Å². The predicted molar refractivity (Wildman–Crippen MR) is 72.5 cm³/mol. The van der Waals surface area contributed by atoms with Crippen LogP contribution in [0.15, 0.2) is 16.9 Å². The molecule has 0 unspecified atom stereocenters. The van der Waals surface area contributed by atoms with Crippen LogP contribution in [0.4, 0.5) is 0 Å². The second-order valence-corrected chi connectivity index (χ2v) is 4.58. The molecule has 4 nitrogen and oxygen atoms in total. The molecule has 1 aromatic heterocycles. The van der Waals surface area contributed by atoms with Crippen molar-refractivity contribution in [3.05, 3.63) is 33.2 Å². The molecule has 0 spiro atoms. The molecule has 0 radical (unpaired) electrons. The second-order valence-electron chi connectivity index (χ2n) is 4.17. The first kappa shape index (κ1) is 12.9. The second kappa shape index (κ2) is 5.40. The van der Waals surface area contributed by atoms with Crippen molar-refractivity contribution < 1.29 is 4.74 Å². The van der Waals surface area contributed by atoms with Crippen LogP contribution in [0.3, 0.4) is 0 Å². The van der Waals surface area contributed by atoms with Crippen LogP contribution in [0.25, 0.3) is 10.8 Å². The van der Waals surface area contributed by atoms with E-state index in [1.54, 1.807) is 12.1 Å². The summed E-state index contributed by atoms with van der Waals surface area (Å²) in [6.45, 7) is 4.55. The monoisotopic (exact) mass is 266 g/mol. The summed E-state index contributed by atoms with van der Waals surface area (Å²) >= 11 is 6.11. The Kier molecular flexibility index (Phi) is 3.87. The quantitative estimate of drug-likeness (QED) is 0.866. The Bertz CT molecular complexity index is 622. The molecule has 0 aliphatic rings. The summed E-state index contributed by atoms with van der Waals surface area (Å²) in [7, 11) is 0. The molecule has 0 fully saturated rings. The lowest BCUT2D eigenvalue weighted by Gasteiger charge is -2.09. The van der Waals surface area contributed by atoms with Gasteiger partial charge in [0, 0.05) is 5.39 Å². The number of nitrogens with zero attached hydrogens (tertiary/aromatic N) is 1. The van der Waals surface area contributed by atoms with E-state index in [4.69, 9.17) is 16.3 Å². The fraction of sp³-hybridized carbons (Fsp3) is 0.385. The van der Waals surface area contributed by atoms with Crippen LogP contribution < -0.4 is 10.3 Å². The summed E-state index contributed by atoms with van der Waals surface area (Å²) in [5.74, 6) is 0.605. The first-order valence-electron chi connectivity index (χ1n) is 5.94. The van der Waals surface area contributed by atoms with Gasteiger partial charge in [0.2, 0.25) is 0 Å². The molecule has 1 aromatic carbocycles. The fourth-order valence-electron chi connectivity index (χ4n) is 1.73. The molecule has 0 aliphatic heterocycles. The number of fused-ring (bicyclic) bond motifs is 1. The van der Waals surface area contributed by atoms with Gasteiger partial charge in [-0.15, -0.1) is 0 Å². The van der Waals surface area contributed by atoms with Gasteiger partial charge >= 0.3 is 0 Å². The minimum atomic E-state index is -0.238. The Labute approximate surface area is 110 Å². The molecule has 5 heteroatoms. The molecule has 1 N–H and O–H groups in total. The highest BCUT2D eigenvalue weighted by Gasteiger charge is 2.09. The lowest BCUT2D eigenvalue weighted by molar-refractivity contribution is 0.310. The molecule has 18 heavy (non-hydrogen) atoms. The Morgan fingerprint density at radius 1 is 1.39 bits per heavy atom. The van der Waals surface area contributed by atoms with Crippen LogP contribution in [0.1, 0.15) is 25.5 Å². The maximum absolute atomic E-state index is 11.6. The van der Waals surface area contributed by atoms with E-state index >= 15 is 0 Å². The van der Waals surface area contributed by atoms with Gasteiger partial charge < -0.3 is 4.74 Å². The van der Waals surface area contributed by atoms with E-state index in [2.05, 4.69) is 17.1 Å². The van der Waals surface area contributed by atoms with E-state index in [0.717, 1.165) is 23.9 Å². The van der Waals surface area contributed by atoms with Crippen molar-refractivity contribution in [1.82, 2.24) is 10.2 Å². The first-order chi connectivity index (χ1) is 8.63. The highest BCUT2D eigenvalue weighted by molar-refractivity contribution is 6.32. The third-order valence-corrected chi connectivity index (χ3v) is 3.08. The highest BCUT2D eigenvalue weighted by Crippen LogP contribution is 2.29. The summed E-state index contributed by atoms with van der Waals surface area (Å²) in [6, 6.07) is 3.41. The number of aromatic nitrogens is 2. The maximum atomic E-state index is 11.6. The topological polar surface area (TPSA) is 55.0 Å². The average molecular weight is 267 g/mol. The number of hydrogen-bond acceptors (Lipinski definition) is 3. The number of rotatable bonds is 4. The van der Waals surface area contributed by atoms with Crippen molar-refractivity contribution in [3.8, 4) is 5.75 Å². The van der Waals surface area contributed by atoms with Crippen molar-refractivity contribution in [1.29, 1.82) is 0 Å². The van der Waals surface area contributed by atoms with Crippen molar-refractivity contribution in [2.75, 3.05) is 6.61 Å². The van der Waals surface area contributed by atoms with Crippen molar-refractivity contribution >= 4 is 22.4 Å². The molecule has 0 aliphatic carbocycles. The number of unbranched alkanes of at least 4 members (excludes halogenated alkanes) is 1. The first-order valence-corrected chi connectivity index (χ1v) is 6.32. The Hall–Kier alpha value is -1.55. The number of aryl methyl sites for hydroxylation is 1. The van der Waals surface area contributed by atoms with E-state index in [-0.39, 0.29) is 5.56 Å². The zero-order chi connectivity index (χ0) is 13.1. The van der Waals surface area contributed by atoms with Crippen molar-refractivity contribution in [2.24, 2.45) is 0 Å². The summed E-state index contributed by atoms with van der Waals surface area (Å²) < 4.78 is 5.61. The van der Waals surface area contributed by atoms with Gasteiger partial charge in [0.1, 0.15) is 5.75 Å². The summed E-state index contributed by atoms with van der Waals surface area (Å²) in [5, 5.41) is 8.14. The third-order valence-electron chi connectivity index (χ3n) is 2.79. The van der Waals surface area contributed by atoms with Gasteiger partial charge in [0.15, 0.2) is 0 Å². The van der Waals surface area contributed by atoms with Gasteiger partial charge in [-0.25, -0.2) is 5.10 Å². The van der Waals surface area contributed by atoms with Gasteiger partial charge in [-0.05, 0) is 25.5 Å². The van der Waals surface area contributed by atoms with Crippen LogP contribution in [0, 0.1) is 6.92 Å². The molecule has 0 saturated heterocycles. The lowest BCUT2D eigenvalue weighted by Crippen LogP contribution is -2.10. The summed E-state index contributed by atoms with van der Waals surface area (Å²) in [4.78, 5) is 11.6. The maximum Gasteiger partial charge on any atom is 0.272 e. The van der Waals surface area contributed by atoms with Crippen LogP contribution >= 0.6 is 11.6 Å². The number of benzene rings is 1. The highest BCUT2D eigenvalue weighted by atomic mass is 35.5. The Morgan fingerprint density at radius 3 is 2.89 bits per heavy atom. The van der Waals surface area contributed by atoms with Gasteiger partial charge in [0.25, 0.3) is 5.56 Å². The normalized spacial score (nSPS) is 10.8. The van der Waals surface area contributed by atoms with E-state index in [9.17, 15) is 4.79 Å². The molecule has 2 aromatic rings. The minimum Gasteiger partial charge on any atom is -0.492 e. The third kappa shape index (κ3) is 2.48. The Balaban J connectivity index is 2.47. The van der Waals surface area contributed by atoms with Crippen molar-refractivity contribution in [3.63, 3.8) is 0 Å². The molecular formula is C13H15ClN2O2. The molecular weight excluding hydrogens is 252 g/mol. The van der Waals surface area contributed by atoms with E-state index in [0.29, 0.717) is 22.8 Å². The molecule has 96 valence electrons. The van der Waals surface area contributed by atoms with Gasteiger partial charge in [-0.1, -0.05) is 24.9 Å². The Morgan fingerprint density at radius 2 is 2.17 bits per heavy atom. The van der Waals surface area contributed by atoms with E-state index in [1.165, 1.54) is 0 Å². The summed E-state index contributed by atoms with van der Waals surface area (Å²) in [6.07, 6.45) is 2.03. The number of aromatic amines is 1. The van der Waals surface area contributed by atoms with Crippen LogP contribution in [-0.4, -0.2) is 16.8 Å². The van der Waals surface area contributed by atoms with E-state index in [1.807, 2.05) is 6.92 Å². The van der Waals surface area contributed by atoms with Crippen LogP contribution in [0.5, 0.6) is 5.75 Å². The lowest BCUT2D eigenvalue weighted by atomic mass is 10.1. The number of H-pyrrole nitrogens is 1. The average Bonchev–Trinajstić information content (AvgIpc) is 2.36. The predicted octanol–water partition coefficient (Wildman–Crippen LogP) is 3.06. The zero-order valence-corrected chi connectivity index (χ0v) is 11.2. The van der Waals surface area contributed by atoms with Crippen molar-refractivity contribution in [2.45, 2.75) is 26.7 Å². The molecule has 0 atom stereocenters. The smallest absolute Gasteiger partial charge is 0.272 e. The van der Waals surface area contributed by atoms with Crippen LogP contribution in [0.2, 0.25) is 5.02 Å². The molecule has 2 rings (SSSR count). The molecule has 0 amide bonds. The molecule has 0 saturated carbocycles. The van der Waals surface area contributed by atoms with E-state index < -0.39 is 0 Å². The fourth-order valence-corrected chi connectivity index (χ4v) is 1.95. The standard InChI is InChI=1S/C13H15ClN2O2/c1-3-4-5-18-12-7-9-8(2)15-16-13(17)10(9)6-11(12)14/h6-7H,3-5H2,1-2H3,(H,16,17). The number of halogens is 1. The summed E-state index contributed by atoms with van der Waals surface area (Å²) in [5.41, 5.74) is 0.513. The minimum absolute atomic E-state index is 0.238. The molecule has 0 bridgehead atoms. The number of nitrogens with one attached hydrogen (secondary N) is 1. The van der Waals surface area contributed by atoms with Gasteiger partial charge in [-0.2, -0.15) is 5.10 Å². The largest absolute Gasteiger partial charge is 0.492 e. The SMILES string of the molecule is CCCCOc1cc2c(C)n[nH]c(=O)c2cc1Cl. The zero-order valence-electron chi connectivity index (χ0n) is 10.4. The number of hydrogen-bond donors (Lipinski definition) is 1.